The van der Waals surface area contributed by atoms with Crippen LogP contribution in [0, 0.1) is 0 Å². The van der Waals surface area contributed by atoms with Gasteiger partial charge in [0.15, 0.2) is 0 Å². The number of ether oxygens (including phenoxy) is 2. The Kier molecular flexibility index (Phi) is 8.48. The number of urea groups is 1. The van der Waals surface area contributed by atoms with Crippen molar-refractivity contribution < 1.29 is 33.8 Å². The molecule has 0 radical (unpaired) electrons. The fourth-order valence-corrected chi connectivity index (χ4v) is 1.21. The van der Waals surface area contributed by atoms with Crippen molar-refractivity contribution in [3.8, 4) is 0 Å². The quantitative estimate of drug-likeness (QED) is 0.501. The Balaban J connectivity index is 4.11. The molecule has 0 aromatic rings. The second kappa shape index (κ2) is 9.59. The van der Waals surface area contributed by atoms with Crippen LogP contribution in [0.3, 0.4) is 0 Å². The van der Waals surface area contributed by atoms with Gasteiger partial charge in [-0.2, -0.15) is 0 Å². The molecule has 0 saturated heterocycles. The first-order chi connectivity index (χ1) is 9.40. The lowest BCUT2D eigenvalue weighted by Gasteiger charge is -2.14. The second-order valence-corrected chi connectivity index (χ2v) is 3.73. The first kappa shape index (κ1) is 17.7. The Morgan fingerprint density at radius 3 is 2.10 bits per heavy atom. The fraction of sp³-hybridized carbons (Fsp3) is 0.636. The summed E-state index contributed by atoms with van der Waals surface area (Å²) in [5.41, 5.74) is 0. The number of rotatable bonds is 8. The first-order valence-corrected chi connectivity index (χ1v) is 5.81. The van der Waals surface area contributed by atoms with Gasteiger partial charge in [-0.05, 0) is 6.42 Å². The van der Waals surface area contributed by atoms with Crippen molar-refractivity contribution in [1.82, 2.24) is 10.6 Å². The summed E-state index contributed by atoms with van der Waals surface area (Å²) >= 11 is 0. The molecule has 0 aromatic carbocycles. The Hall–Kier alpha value is -2.32. The highest BCUT2D eigenvalue weighted by Gasteiger charge is 2.21. The van der Waals surface area contributed by atoms with Crippen LogP contribution in [0.5, 0.6) is 0 Å². The Labute approximate surface area is 115 Å². The van der Waals surface area contributed by atoms with E-state index in [9.17, 15) is 19.2 Å². The zero-order valence-electron chi connectivity index (χ0n) is 11.3. The SMILES string of the molecule is COC(=O)CCNC(=O)N[C@H](CCC(=O)OC)C(=O)O. The number of amides is 2. The molecule has 0 unspecified atom stereocenters. The van der Waals surface area contributed by atoms with E-state index < -0.39 is 30.0 Å². The van der Waals surface area contributed by atoms with E-state index in [0.29, 0.717) is 0 Å². The molecule has 9 nitrogen and oxygen atoms in total. The molecule has 0 aromatic heterocycles. The molecule has 0 bridgehead atoms. The number of carbonyl (C=O) groups excluding carboxylic acids is 3. The number of carbonyl (C=O) groups is 4. The summed E-state index contributed by atoms with van der Waals surface area (Å²) in [6.07, 6.45) is -0.244. The van der Waals surface area contributed by atoms with Crippen LogP contribution in [0.25, 0.3) is 0 Å². The van der Waals surface area contributed by atoms with E-state index in [4.69, 9.17) is 5.11 Å². The molecule has 3 N–H and O–H groups in total. The minimum atomic E-state index is -1.27. The van der Waals surface area contributed by atoms with Crippen LogP contribution in [0.2, 0.25) is 0 Å². The topological polar surface area (TPSA) is 131 Å². The van der Waals surface area contributed by atoms with Gasteiger partial charge >= 0.3 is 23.9 Å². The summed E-state index contributed by atoms with van der Waals surface area (Å²) in [6, 6.07) is -1.96. The molecule has 20 heavy (non-hydrogen) atoms. The van der Waals surface area contributed by atoms with Crippen LogP contribution < -0.4 is 10.6 Å². The van der Waals surface area contributed by atoms with Crippen molar-refractivity contribution in [3.63, 3.8) is 0 Å². The third-order valence-corrected chi connectivity index (χ3v) is 2.31. The molecule has 2 amide bonds. The molecule has 0 heterocycles. The van der Waals surface area contributed by atoms with Gasteiger partial charge in [0.2, 0.25) is 0 Å². The number of hydrogen-bond donors (Lipinski definition) is 3. The zero-order valence-corrected chi connectivity index (χ0v) is 11.3. The van der Waals surface area contributed by atoms with E-state index >= 15 is 0 Å². The van der Waals surface area contributed by atoms with Gasteiger partial charge in [0, 0.05) is 13.0 Å². The summed E-state index contributed by atoms with van der Waals surface area (Å²) in [6.45, 7) is 0.0157. The lowest BCUT2D eigenvalue weighted by Crippen LogP contribution is -2.46. The van der Waals surface area contributed by atoms with E-state index in [2.05, 4.69) is 20.1 Å². The standard InChI is InChI=1S/C11H18N2O7/c1-19-8(14)4-3-7(10(16)17)13-11(18)12-6-5-9(15)20-2/h7H,3-6H2,1-2H3,(H,16,17)(H2,12,13,18)/t7-/m1/s1. The van der Waals surface area contributed by atoms with Gasteiger partial charge in [-0.15, -0.1) is 0 Å². The predicted octanol–water partition coefficient (Wildman–Crippen LogP) is -0.745. The van der Waals surface area contributed by atoms with Crippen molar-refractivity contribution >= 4 is 23.9 Å². The maximum atomic E-state index is 11.4. The van der Waals surface area contributed by atoms with Gasteiger partial charge < -0.3 is 25.2 Å². The van der Waals surface area contributed by atoms with Crippen molar-refractivity contribution in [2.75, 3.05) is 20.8 Å². The Morgan fingerprint density at radius 1 is 1.05 bits per heavy atom. The van der Waals surface area contributed by atoms with Crippen LogP contribution in [0.4, 0.5) is 4.79 Å². The monoisotopic (exact) mass is 290 g/mol. The third-order valence-electron chi connectivity index (χ3n) is 2.31. The predicted molar refractivity (Wildman–Crippen MR) is 65.8 cm³/mol. The molecule has 0 aliphatic rings. The maximum absolute atomic E-state index is 11.4. The highest BCUT2D eigenvalue weighted by atomic mass is 16.5. The van der Waals surface area contributed by atoms with Gasteiger partial charge in [-0.3, -0.25) is 9.59 Å². The first-order valence-electron chi connectivity index (χ1n) is 5.81. The molecular formula is C11H18N2O7. The third kappa shape index (κ3) is 7.90. The van der Waals surface area contributed by atoms with Crippen LogP contribution in [-0.4, -0.2) is 55.9 Å². The lowest BCUT2D eigenvalue weighted by atomic mass is 10.1. The van der Waals surface area contributed by atoms with E-state index in [1.54, 1.807) is 0 Å². The number of nitrogens with one attached hydrogen (secondary N) is 2. The maximum Gasteiger partial charge on any atom is 0.326 e. The van der Waals surface area contributed by atoms with E-state index in [1.165, 1.54) is 14.2 Å². The minimum absolute atomic E-state index is 0.0157. The fourth-order valence-electron chi connectivity index (χ4n) is 1.21. The number of aliphatic carboxylic acids is 1. The molecule has 0 aliphatic heterocycles. The van der Waals surface area contributed by atoms with E-state index in [-0.39, 0.29) is 25.8 Å². The summed E-state index contributed by atoms with van der Waals surface area (Å²) in [7, 11) is 2.40. The van der Waals surface area contributed by atoms with Crippen LogP contribution in [0.15, 0.2) is 0 Å². The average molecular weight is 290 g/mol. The lowest BCUT2D eigenvalue weighted by molar-refractivity contribution is -0.143. The van der Waals surface area contributed by atoms with Crippen molar-refractivity contribution in [3.05, 3.63) is 0 Å². The molecule has 0 aliphatic carbocycles. The summed E-state index contributed by atoms with van der Waals surface area (Å²) in [4.78, 5) is 44.0. The van der Waals surface area contributed by atoms with Crippen LogP contribution >= 0.6 is 0 Å². The van der Waals surface area contributed by atoms with E-state index in [1.807, 2.05) is 0 Å². The van der Waals surface area contributed by atoms with Crippen LogP contribution in [-0.2, 0) is 23.9 Å². The summed E-state index contributed by atoms with van der Waals surface area (Å²) < 4.78 is 8.75. The number of hydrogen-bond acceptors (Lipinski definition) is 6. The van der Waals surface area contributed by atoms with Gasteiger partial charge in [0.25, 0.3) is 0 Å². The summed E-state index contributed by atoms with van der Waals surface area (Å²) in [5.74, 6) is -2.33. The largest absolute Gasteiger partial charge is 0.480 e. The number of methoxy groups -OCH3 is 2. The van der Waals surface area contributed by atoms with Crippen molar-refractivity contribution in [1.29, 1.82) is 0 Å². The second-order valence-electron chi connectivity index (χ2n) is 3.73. The minimum Gasteiger partial charge on any atom is -0.480 e. The highest BCUT2D eigenvalue weighted by molar-refractivity contribution is 5.83. The van der Waals surface area contributed by atoms with Gasteiger partial charge in [-0.1, -0.05) is 0 Å². The average Bonchev–Trinajstić information content (AvgIpc) is 2.42. The number of carboxylic acids is 1. The molecule has 114 valence electrons. The smallest absolute Gasteiger partial charge is 0.326 e. The number of carboxylic acid groups (broad SMARTS) is 1. The zero-order chi connectivity index (χ0) is 15.5. The summed E-state index contributed by atoms with van der Waals surface area (Å²) in [5, 5.41) is 13.4. The Bertz CT molecular complexity index is 370. The van der Waals surface area contributed by atoms with E-state index in [0.717, 1.165) is 0 Å². The molecule has 0 saturated carbocycles. The molecule has 0 rings (SSSR count). The molecule has 0 fully saturated rings. The van der Waals surface area contributed by atoms with Crippen LogP contribution in [0.1, 0.15) is 19.3 Å². The van der Waals surface area contributed by atoms with Gasteiger partial charge in [0.1, 0.15) is 6.04 Å². The van der Waals surface area contributed by atoms with Crippen molar-refractivity contribution in [2.45, 2.75) is 25.3 Å². The highest BCUT2D eigenvalue weighted by Crippen LogP contribution is 1.99. The molecule has 9 heteroatoms. The van der Waals surface area contributed by atoms with Gasteiger partial charge in [0.05, 0.1) is 20.6 Å². The normalized spacial score (nSPS) is 11.1. The number of esters is 2. The molecular weight excluding hydrogens is 272 g/mol. The molecule has 1 atom stereocenters. The van der Waals surface area contributed by atoms with Crippen molar-refractivity contribution in [2.24, 2.45) is 0 Å². The molecule has 0 spiro atoms. The Morgan fingerprint density at radius 2 is 1.60 bits per heavy atom. The van der Waals surface area contributed by atoms with Gasteiger partial charge in [-0.25, -0.2) is 9.59 Å².